The normalized spacial score (nSPS) is 24.7. The Kier molecular flexibility index (Phi) is 46.7. The highest BCUT2D eigenvalue weighted by Gasteiger charge is 2.51. The van der Waals surface area contributed by atoms with Crippen molar-refractivity contribution in [1.29, 1.82) is 0 Å². The van der Waals surface area contributed by atoms with Gasteiger partial charge >= 0.3 is 0 Å². The minimum atomic E-state index is -1.79. The molecule has 462 valence electrons. The van der Waals surface area contributed by atoms with Gasteiger partial charge in [0, 0.05) is 6.42 Å². The van der Waals surface area contributed by atoms with Crippen LogP contribution in [-0.2, 0) is 23.7 Å². The molecule has 0 radical (unpaired) electrons. The number of allylic oxidation sites excluding steroid dienone is 7. The van der Waals surface area contributed by atoms with E-state index in [2.05, 4.69) is 55.6 Å². The van der Waals surface area contributed by atoms with Gasteiger partial charge in [-0.25, -0.2) is 0 Å². The fourth-order valence-corrected chi connectivity index (χ4v) is 10.6. The van der Waals surface area contributed by atoms with Crippen molar-refractivity contribution in [2.24, 2.45) is 0 Å². The molecule has 14 nitrogen and oxygen atoms in total. The minimum absolute atomic E-state index is 0.253. The third kappa shape index (κ3) is 35.6. The first-order valence-electron chi connectivity index (χ1n) is 32.4. The minimum Gasteiger partial charge on any atom is -0.394 e. The van der Waals surface area contributed by atoms with Gasteiger partial charge < -0.3 is 65.1 Å². The van der Waals surface area contributed by atoms with Crippen LogP contribution in [0.2, 0.25) is 0 Å². The first-order chi connectivity index (χ1) is 38.6. The highest BCUT2D eigenvalue weighted by atomic mass is 16.7. The molecule has 0 aliphatic carbocycles. The number of hydrogen-bond donors (Lipinski definition) is 9. The molecule has 12 atom stereocenters. The molecule has 9 N–H and O–H groups in total. The Bertz CT molecular complexity index is 1510. The summed E-state index contributed by atoms with van der Waals surface area (Å²) in [6.07, 6.45) is 47.9. The molecule has 2 fully saturated rings. The second-order valence-electron chi connectivity index (χ2n) is 22.8. The van der Waals surface area contributed by atoms with E-state index >= 15 is 0 Å². The maximum Gasteiger partial charge on any atom is 0.220 e. The Hall–Kier alpha value is -2.05. The lowest BCUT2D eigenvalue weighted by molar-refractivity contribution is -0.359. The highest BCUT2D eigenvalue weighted by molar-refractivity contribution is 5.76. The number of amides is 1. The molecule has 1 amide bonds. The van der Waals surface area contributed by atoms with Crippen LogP contribution in [0.3, 0.4) is 0 Å². The van der Waals surface area contributed by atoms with E-state index in [1.165, 1.54) is 186 Å². The van der Waals surface area contributed by atoms with E-state index in [9.17, 15) is 45.6 Å². The largest absolute Gasteiger partial charge is 0.394 e. The van der Waals surface area contributed by atoms with Crippen LogP contribution in [0.25, 0.3) is 0 Å². The van der Waals surface area contributed by atoms with E-state index in [-0.39, 0.29) is 18.9 Å². The zero-order chi connectivity index (χ0) is 57.4. The van der Waals surface area contributed by atoms with Crippen molar-refractivity contribution in [1.82, 2.24) is 5.32 Å². The predicted octanol–water partition coefficient (Wildman–Crippen LogP) is 12.0. The molecular formula is C65H119NO13. The van der Waals surface area contributed by atoms with Gasteiger partial charge in [0.05, 0.1) is 32.0 Å². The van der Waals surface area contributed by atoms with Crippen LogP contribution < -0.4 is 5.32 Å². The number of carbonyl (C=O) groups is 1. The highest BCUT2D eigenvalue weighted by Crippen LogP contribution is 2.30. The molecule has 0 aromatic heterocycles. The SMILES string of the molecule is CC/C=C/CC/C=C/CC/C=C/C(O)C(COC1OC(CO)C(OC2OC(CO)C(O)C(O)C2O)C(O)C1O)NC(=O)CCCCCCCCCCCCCCCCCCCCCCCCC/C=C\CCCCCCCCCC. The smallest absolute Gasteiger partial charge is 0.220 e. The second-order valence-corrected chi connectivity index (χ2v) is 22.8. The van der Waals surface area contributed by atoms with Crippen molar-refractivity contribution < 1.29 is 64.6 Å². The number of carbonyl (C=O) groups excluding carboxylic acids is 1. The van der Waals surface area contributed by atoms with Crippen molar-refractivity contribution in [3.8, 4) is 0 Å². The van der Waals surface area contributed by atoms with E-state index in [1.807, 2.05) is 6.08 Å². The Labute approximate surface area is 480 Å². The molecule has 2 aliphatic heterocycles. The Morgan fingerprint density at radius 1 is 0.456 bits per heavy atom. The molecule has 0 bridgehead atoms. The Balaban J connectivity index is 1.57. The van der Waals surface area contributed by atoms with Gasteiger partial charge in [-0.15, -0.1) is 0 Å². The van der Waals surface area contributed by atoms with Gasteiger partial charge in [0.15, 0.2) is 12.6 Å². The van der Waals surface area contributed by atoms with E-state index in [4.69, 9.17) is 18.9 Å². The maximum absolute atomic E-state index is 13.2. The fraction of sp³-hybridized carbons (Fsp3) is 0.862. The van der Waals surface area contributed by atoms with Gasteiger partial charge in [-0.1, -0.05) is 242 Å². The van der Waals surface area contributed by atoms with Gasteiger partial charge in [0.25, 0.3) is 0 Å². The van der Waals surface area contributed by atoms with Crippen molar-refractivity contribution in [2.75, 3.05) is 19.8 Å². The maximum atomic E-state index is 13.2. The van der Waals surface area contributed by atoms with Crippen molar-refractivity contribution >= 4 is 5.91 Å². The monoisotopic (exact) mass is 1120 g/mol. The van der Waals surface area contributed by atoms with Gasteiger partial charge in [0.1, 0.15) is 48.8 Å². The first-order valence-corrected chi connectivity index (χ1v) is 32.4. The summed E-state index contributed by atoms with van der Waals surface area (Å²) in [6.45, 7) is 2.65. The molecule has 14 heteroatoms. The van der Waals surface area contributed by atoms with Crippen molar-refractivity contribution in [3.05, 3.63) is 48.6 Å². The standard InChI is InChI=1S/C65H119NO13/c1-3-5-7-9-11-13-15-16-17-18-19-20-21-22-23-24-25-26-27-28-29-30-31-32-33-34-35-36-37-38-39-41-43-45-47-49-57(70)66-53(54(69)48-46-44-42-40-14-12-10-8-6-4-2)52-76-64-62(75)60(73)63(56(51-68)78-64)79-65-61(74)59(72)58(71)55(50-67)77-65/h6,8,14,18-19,40,46,48,53-56,58-65,67-69,71-75H,3-5,7,9-13,15-17,20-39,41-45,47,49-52H2,1-2H3,(H,66,70)/b8-6+,19-18-,40-14+,48-46+. The number of unbranched alkanes of at least 4 members (excludes halogenated alkanes) is 33. The van der Waals surface area contributed by atoms with Crippen molar-refractivity contribution in [3.63, 3.8) is 0 Å². The van der Waals surface area contributed by atoms with Crippen LogP contribution in [-0.4, -0.2) is 140 Å². The lowest BCUT2D eigenvalue weighted by atomic mass is 9.97. The molecule has 0 spiro atoms. The lowest BCUT2D eigenvalue weighted by Crippen LogP contribution is -2.65. The Morgan fingerprint density at radius 2 is 0.848 bits per heavy atom. The average molecular weight is 1120 g/mol. The molecule has 79 heavy (non-hydrogen) atoms. The summed E-state index contributed by atoms with van der Waals surface area (Å²) in [4.78, 5) is 13.2. The van der Waals surface area contributed by atoms with Crippen LogP contribution in [0.15, 0.2) is 48.6 Å². The van der Waals surface area contributed by atoms with E-state index in [1.54, 1.807) is 6.08 Å². The molecule has 0 aromatic rings. The number of aliphatic hydroxyl groups is 8. The third-order valence-electron chi connectivity index (χ3n) is 15.7. The molecule has 0 aromatic carbocycles. The van der Waals surface area contributed by atoms with Gasteiger partial charge in [-0.3, -0.25) is 4.79 Å². The summed E-state index contributed by atoms with van der Waals surface area (Å²) in [5.41, 5.74) is 0. The quantitative estimate of drug-likeness (QED) is 0.0204. The molecule has 2 heterocycles. The summed E-state index contributed by atoms with van der Waals surface area (Å²) in [5.74, 6) is -0.253. The van der Waals surface area contributed by atoms with Gasteiger partial charge in [0.2, 0.25) is 5.91 Å². The van der Waals surface area contributed by atoms with Crippen molar-refractivity contribution in [2.45, 2.75) is 338 Å². The molecule has 0 saturated carbocycles. The van der Waals surface area contributed by atoms with Crippen LogP contribution in [0.4, 0.5) is 0 Å². The number of ether oxygens (including phenoxy) is 4. The van der Waals surface area contributed by atoms with Crippen LogP contribution >= 0.6 is 0 Å². The summed E-state index contributed by atoms with van der Waals surface area (Å²) in [5, 5.41) is 86.9. The van der Waals surface area contributed by atoms with E-state index < -0.39 is 86.8 Å². The van der Waals surface area contributed by atoms with Gasteiger partial charge in [-0.2, -0.15) is 0 Å². The Morgan fingerprint density at radius 3 is 1.30 bits per heavy atom. The number of hydrogen-bond acceptors (Lipinski definition) is 13. The number of rotatable bonds is 52. The molecule has 12 unspecified atom stereocenters. The first kappa shape index (κ1) is 73.1. The number of nitrogens with one attached hydrogen (secondary N) is 1. The van der Waals surface area contributed by atoms with E-state index in [0.29, 0.717) is 12.8 Å². The summed E-state index contributed by atoms with van der Waals surface area (Å²) >= 11 is 0. The predicted molar refractivity (Wildman–Crippen MR) is 318 cm³/mol. The van der Waals surface area contributed by atoms with Crippen LogP contribution in [0.1, 0.15) is 264 Å². The fourth-order valence-electron chi connectivity index (χ4n) is 10.6. The lowest BCUT2D eigenvalue weighted by Gasteiger charge is -2.46. The summed E-state index contributed by atoms with van der Waals surface area (Å²) < 4.78 is 22.7. The summed E-state index contributed by atoms with van der Waals surface area (Å²) in [7, 11) is 0. The zero-order valence-electron chi connectivity index (χ0n) is 49.9. The molecule has 2 aliphatic rings. The second kappa shape index (κ2) is 50.5. The third-order valence-corrected chi connectivity index (χ3v) is 15.7. The van der Waals surface area contributed by atoms with E-state index in [0.717, 1.165) is 44.9 Å². The van der Waals surface area contributed by atoms with Crippen LogP contribution in [0, 0.1) is 0 Å². The molecule has 2 rings (SSSR count). The molecule has 2 saturated heterocycles. The number of aliphatic hydroxyl groups excluding tert-OH is 8. The summed E-state index contributed by atoms with van der Waals surface area (Å²) in [6, 6.07) is -0.935. The van der Waals surface area contributed by atoms with Gasteiger partial charge in [-0.05, 0) is 64.2 Å². The molecular weight excluding hydrogens is 1000 g/mol. The topological polar surface area (TPSA) is 228 Å². The van der Waals surface area contributed by atoms with Crippen LogP contribution in [0.5, 0.6) is 0 Å². The average Bonchev–Trinajstić information content (AvgIpc) is 3.48. The zero-order valence-corrected chi connectivity index (χ0v) is 49.9.